The summed E-state index contributed by atoms with van der Waals surface area (Å²) in [5, 5.41) is 0. The molecule has 0 spiro atoms. The zero-order valence-corrected chi connectivity index (χ0v) is 10.6. The van der Waals surface area contributed by atoms with Crippen molar-refractivity contribution in [2.45, 2.75) is 26.4 Å². The number of rotatable bonds is 1. The van der Waals surface area contributed by atoms with Crippen molar-refractivity contribution in [3.63, 3.8) is 0 Å². The van der Waals surface area contributed by atoms with Crippen molar-refractivity contribution in [2.75, 3.05) is 4.90 Å². The quantitative estimate of drug-likeness (QED) is 0.787. The molecular weight excluding hydrogens is 233 g/mol. The average molecular weight is 249 g/mol. The fourth-order valence-electron chi connectivity index (χ4n) is 2.09. The Morgan fingerprint density at radius 1 is 1.28 bits per heavy atom. The van der Waals surface area contributed by atoms with E-state index < -0.39 is 5.66 Å². The Hall–Kier alpha value is -2.11. The molecule has 0 fully saturated rings. The molecule has 0 amide bonds. The van der Waals surface area contributed by atoms with E-state index in [-0.39, 0.29) is 17.7 Å². The average Bonchev–Trinajstić information content (AvgIpc) is 2.18. The van der Waals surface area contributed by atoms with Gasteiger partial charge in [0.1, 0.15) is 11.5 Å². The summed E-state index contributed by atoms with van der Waals surface area (Å²) >= 11 is 0. The van der Waals surface area contributed by atoms with Crippen LogP contribution in [0.5, 0.6) is 0 Å². The molecule has 1 aromatic carbocycles. The van der Waals surface area contributed by atoms with Crippen LogP contribution >= 0.6 is 0 Å². The van der Waals surface area contributed by atoms with Crippen LogP contribution in [0.3, 0.4) is 0 Å². The van der Waals surface area contributed by atoms with E-state index in [1.165, 1.54) is 12.1 Å². The van der Waals surface area contributed by atoms with Crippen LogP contribution in [0.4, 0.5) is 10.1 Å². The summed E-state index contributed by atoms with van der Waals surface area (Å²) < 4.78 is 13.1. The molecule has 0 unspecified atom stereocenters. The number of nitrogens with zero attached hydrogens (tertiary/aromatic N) is 3. The zero-order valence-electron chi connectivity index (χ0n) is 10.6. The normalized spacial score (nSPS) is 18.3. The van der Waals surface area contributed by atoms with Gasteiger partial charge in [0.2, 0.25) is 11.9 Å². The summed E-state index contributed by atoms with van der Waals surface area (Å²) in [5.41, 5.74) is 12.4. The molecule has 5 nitrogen and oxygen atoms in total. The Morgan fingerprint density at radius 2 is 1.94 bits per heavy atom. The first kappa shape index (κ1) is 12.3. The van der Waals surface area contributed by atoms with E-state index in [0.717, 1.165) is 11.3 Å². The molecule has 1 aliphatic rings. The number of guanidine groups is 2. The first-order valence-corrected chi connectivity index (χ1v) is 5.57. The second-order valence-electron chi connectivity index (χ2n) is 4.70. The van der Waals surface area contributed by atoms with Gasteiger partial charge in [-0.3, -0.25) is 4.90 Å². The third-order valence-corrected chi connectivity index (χ3v) is 2.79. The molecule has 2 rings (SSSR count). The van der Waals surface area contributed by atoms with Crippen LogP contribution in [0.2, 0.25) is 0 Å². The van der Waals surface area contributed by atoms with Crippen LogP contribution in [0, 0.1) is 12.7 Å². The van der Waals surface area contributed by atoms with Gasteiger partial charge >= 0.3 is 0 Å². The van der Waals surface area contributed by atoms with E-state index in [4.69, 9.17) is 11.5 Å². The first-order chi connectivity index (χ1) is 8.31. The maximum absolute atomic E-state index is 13.1. The lowest BCUT2D eigenvalue weighted by Gasteiger charge is -2.39. The molecule has 0 aromatic heterocycles. The van der Waals surface area contributed by atoms with Crippen LogP contribution in [-0.4, -0.2) is 17.6 Å². The van der Waals surface area contributed by atoms with Crippen molar-refractivity contribution >= 4 is 17.6 Å². The lowest BCUT2D eigenvalue weighted by atomic mass is 10.1. The van der Waals surface area contributed by atoms with Gasteiger partial charge in [0.05, 0.1) is 0 Å². The van der Waals surface area contributed by atoms with Crippen LogP contribution < -0.4 is 16.4 Å². The lowest BCUT2D eigenvalue weighted by molar-refractivity contribution is 0.532. The standard InChI is InChI=1S/C12H16FN5/c1-7-6-8(13)4-5-9(7)18-11(15)16-10(14)17-12(18,2)3/h4-6H,1-3H3,(H4,14,15,16,17). The first-order valence-electron chi connectivity index (χ1n) is 5.57. The minimum atomic E-state index is -0.654. The molecule has 6 heteroatoms. The highest BCUT2D eigenvalue weighted by Gasteiger charge is 2.33. The summed E-state index contributed by atoms with van der Waals surface area (Å²) in [6.07, 6.45) is 0. The predicted octanol–water partition coefficient (Wildman–Crippen LogP) is 1.32. The number of halogens is 1. The second-order valence-corrected chi connectivity index (χ2v) is 4.70. The van der Waals surface area contributed by atoms with Crippen molar-refractivity contribution in [1.29, 1.82) is 0 Å². The smallest absolute Gasteiger partial charge is 0.220 e. The highest BCUT2D eigenvalue weighted by Crippen LogP contribution is 2.30. The van der Waals surface area contributed by atoms with Crippen molar-refractivity contribution in [3.8, 4) is 0 Å². The number of anilines is 1. The number of aryl methyl sites for hydroxylation is 1. The highest BCUT2D eigenvalue weighted by molar-refractivity contribution is 6.05. The second kappa shape index (κ2) is 3.97. The fourth-order valence-corrected chi connectivity index (χ4v) is 2.09. The molecule has 0 radical (unpaired) electrons. The minimum Gasteiger partial charge on any atom is -0.369 e. The molecular formula is C12H16FN5. The topological polar surface area (TPSA) is 80.0 Å². The van der Waals surface area contributed by atoms with E-state index in [9.17, 15) is 4.39 Å². The Kier molecular flexibility index (Phi) is 2.73. The summed E-state index contributed by atoms with van der Waals surface area (Å²) in [6.45, 7) is 5.54. The fraction of sp³-hybridized carbons (Fsp3) is 0.333. The molecule has 0 aliphatic carbocycles. The van der Waals surface area contributed by atoms with Crippen LogP contribution in [0.15, 0.2) is 28.2 Å². The summed E-state index contributed by atoms with van der Waals surface area (Å²) in [4.78, 5) is 9.93. The van der Waals surface area contributed by atoms with E-state index >= 15 is 0 Å². The monoisotopic (exact) mass is 249 g/mol. The highest BCUT2D eigenvalue weighted by atomic mass is 19.1. The summed E-state index contributed by atoms with van der Waals surface area (Å²) in [7, 11) is 0. The van der Waals surface area contributed by atoms with E-state index in [1.54, 1.807) is 11.0 Å². The molecule has 1 aliphatic heterocycles. The molecule has 1 aromatic rings. The van der Waals surface area contributed by atoms with Crippen LogP contribution in [0.1, 0.15) is 19.4 Å². The van der Waals surface area contributed by atoms with Crippen molar-refractivity contribution in [3.05, 3.63) is 29.6 Å². The lowest BCUT2D eigenvalue weighted by Crippen LogP contribution is -2.54. The Morgan fingerprint density at radius 3 is 2.50 bits per heavy atom. The maximum Gasteiger partial charge on any atom is 0.220 e. The van der Waals surface area contributed by atoms with Crippen molar-refractivity contribution < 1.29 is 4.39 Å². The van der Waals surface area contributed by atoms with Gasteiger partial charge in [-0.25, -0.2) is 9.38 Å². The Bertz CT molecular complexity index is 547. The number of hydrogen-bond donors (Lipinski definition) is 2. The number of hydrogen-bond acceptors (Lipinski definition) is 5. The van der Waals surface area contributed by atoms with Crippen molar-refractivity contribution in [1.82, 2.24) is 0 Å². The SMILES string of the molecule is Cc1cc(F)ccc1N1C(N)=NC(N)=NC1(C)C. The summed E-state index contributed by atoms with van der Waals surface area (Å²) in [6, 6.07) is 4.49. The van der Waals surface area contributed by atoms with Gasteiger partial charge in [0.15, 0.2) is 0 Å². The number of benzene rings is 1. The molecule has 18 heavy (non-hydrogen) atoms. The largest absolute Gasteiger partial charge is 0.369 e. The molecule has 96 valence electrons. The third-order valence-electron chi connectivity index (χ3n) is 2.79. The summed E-state index contributed by atoms with van der Waals surface area (Å²) in [5.74, 6) is 0.111. The predicted molar refractivity (Wildman–Crippen MR) is 70.9 cm³/mol. The van der Waals surface area contributed by atoms with Gasteiger partial charge in [0.25, 0.3) is 0 Å². The van der Waals surface area contributed by atoms with Gasteiger partial charge in [-0.1, -0.05) is 0 Å². The number of aliphatic imine (C=N–C) groups is 2. The third kappa shape index (κ3) is 2.01. The Balaban J connectivity index is 2.53. The van der Waals surface area contributed by atoms with Gasteiger partial charge in [0, 0.05) is 5.69 Å². The minimum absolute atomic E-state index is 0.147. The molecule has 0 bridgehead atoms. The molecule has 1 heterocycles. The molecule has 4 N–H and O–H groups in total. The van der Waals surface area contributed by atoms with E-state index in [1.807, 2.05) is 20.8 Å². The zero-order chi connectivity index (χ0) is 13.5. The van der Waals surface area contributed by atoms with E-state index in [0.29, 0.717) is 0 Å². The molecule has 0 saturated heterocycles. The van der Waals surface area contributed by atoms with Gasteiger partial charge in [-0.05, 0) is 44.5 Å². The van der Waals surface area contributed by atoms with Crippen LogP contribution in [-0.2, 0) is 0 Å². The van der Waals surface area contributed by atoms with Gasteiger partial charge < -0.3 is 11.5 Å². The van der Waals surface area contributed by atoms with Gasteiger partial charge in [-0.15, -0.1) is 0 Å². The molecule has 0 atom stereocenters. The maximum atomic E-state index is 13.1. The van der Waals surface area contributed by atoms with E-state index in [2.05, 4.69) is 9.98 Å². The number of nitrogens with two attached hydrogens (primary N) is 2. The van der Waals surface area contributed by atoms with Crippen LogP contribution in [0.25, 0.3) is 0 Å². The van der Waals surface area contributed by atoms with Gasteiger partial charge in [-0.2, -0.15) is 4.99 Å². The van der Waals surface area contributed by atoms with Crippen molar-refractivity contribution in [2.24, 2.45) is 21.5 Å². The molecule has 0 saturated carbocycles. The Labute approximate surface area is 105 Å².